The minimum absolute atomic E-state index is 0.0637. The third kappa shape index (κ3) is 1.19. The summed E-state index contributed by atoms with van der Waals surface area (Å²) in [7, 11) is 1.70. The van der Waals surface area contributed by atoms with Crippen molar-refractivity contribution >= 4 is 11.7 Å². The number of hydrogen-bond donors (Lipinski definition) is 1. The van der Waals surface area contributed by atoms with Gasteiger partial charge in [-0.25, -0.2) is 4.98 Å². The second kappa shape index (κ2) is 2.81. The molecule has 4 heteroatoms. The number of nitrogens with two attached hydrogens (primary N) is 1. The van der Waals surface area contributed by atoms with Crippen LogP contribution in [0.4, 0.5) is 5.82 Å². The molecule has 0 spiro atoms. The summed E-state index contributed by atoms with van der Waals surface area (Å²) < 4.78 is 0. The standard InChI is InChI=1S/C9H11N3O/c1-12-8-6(3-2-4-11-8)5-7(10)9(12)13/h2-4,7H,5,10H2,1H3. The van der Waals surface area contributed by atoms with E-state index in [1.807, 2.05) is 12.1 Å². The van der Waals surface area contributed by atoms with Crippen molar-refractivity contribution in [1.82, 2.24) is 4.98 Å². The first-order chi connectivity index (χ1) is 6.20. The average molecular weight is 177 g/mol. The zero-order valence-corrected chi connectivity index (χ0v) is 7.40. The third-order valence-electron chi connectivity index (χ3n) is 2.27. The fraction of sp³-hybridized carbons (Fsp3) is 0.333. The lowest BCUT2D eigenvalue weighted by Crippen LogP contribution is -2.47. The molecule has 0 aliphatic carbocycles. The predicted octanol–water partition coefficient (Wildman–Crippen LogP) is -0.0722. The largest absolute Gasteiger partial charge is 0.320 e. The molecular weight excluding hydrogens is 166 g/mol. The maximum absolute atomic E-state index is 11.4. The molecule has 2 rings (SSSR count). The fourth-order valence-corrected chi connectivity index (χ4v) is 1.57. The van der Waals surface area contributed by atoms with E-state index in [2.05, 4.69) is 4.98 Å². The zero-order chi connectivity index (χ0) is 9.42. The molecule has 1 aromatic rings. The molecule has 2 N–H and O–H groups in total. The summed E-state index contributed by atoms with van der Waals surface area (Å²) >= 11 is 0. The minimum Gasteiger partial charge on any atom is -0.320 e. The number of aromatic nitrogens is 1. The Kier molecular flexibility index (Phi) is 1.77. The summed E-state index contributed by atoms with van der Waals surface area (Å²) in [4.78, 5) is 17.1. The monoisotopic (exact) mass is 177 g/mol. The van der Waals surface area contributed by atoms with Crippen molar-refractivity contribution in [2.75, 3.05) is 11.9 Å². The first-order valence-corrected chi connectivity index (χ1v) is 4.17. The Labute approximate surface area is 76.4 Å². The van der Waals surface area contributed by atoms with Crippen molar-refractivity contribution in [2.45, 2.75) is 12.5 Å². The van der Waals surface area contributed by atoms with Crippen LogP contribution in [-0.2, 0) is 11.2 Å². The fourth-order valence-electron chi connectivity index (χ4n) is 1.57. The molecule has 0 radical (unpaired) electrons. The van der Waals surface area contributed by atoms with Gasteiger partial charge < -0.3 is 5.73 Å². The van der Waals surface area contributed by atoms with E-state index in [0.29, 0.717) is 6.42 Å². The van der Waals surface area contributed by atoms with Crippen LogP contribution in [0, 0.1) is 0 Å². The highest BCUT2D eigenvalue weighted by Gasteiger charge is 2.28. The van der Waals surface area contributed by atoms with Gasteiger partial charge in [-0.3, -0.25) is 9.69 Å². The molecule has 0 fully saturated rings. The highest BCUT2D eigenvalue weighted by Crippen LogP contribution is 2.22. The number of nitrogens with zero attached hydrogens (tertiary/aromatic N) is 2. The number of anilines is 1. The van der Waals surface area contributed by atoms with Crippen LogP contribution >= 0.6 is 0 Å². The minimum atomic E-state index is -0.415. The van der Waals surface area contributed by atoms with Crippen LogP contribution in [0.1, 0.15) is 5.56 Å². The quantitative estimate of drug-likeness (QED) is 0.603. The molecule has 1 aliphatic rings. The maximum atomic E-state index is 11.4. The van der Waals surface area contributed by atoms with E-state index in [4.69, 9.17) is 5.73 Å². The molecule has 0 aromatic carbocycles. The molecule has 0 saturated carbocycles. The van der Waals surface area contributed by atoms with Crippen LogP contribution in [0.2, 0.25) is 0 Å². The molecule has 1 atom stereocenters. The summed E-state index contributed by atoms with van der Waals surface area (Å²) in [6, 6.07) is 3.39. The second-order valence-electron chi connectivity index (χ2n) is 3.19. The Morgan fingerprint density at radius 1 is 1.69 bits per heavy atom. The van der Waals surface area contributed by atoms with E-state index >= 15 is 0 Å². The Balaban J connectivity index is 2.49. The van der Waals surface area contributed by atoms with Crippen molar-refractivity contribution in [1.29, 1.82) is 0 Å². The molecule has 1 aliphatic heterocycles. The van der Waals surface area contributed by atoms with Crippen LogP contribution in [0.15, 0.2) is 18.3 Å². The van der Waals surface area contributed by atoms with E-state index in [-0.39, 0.29) is 5.91 Å². The molecule has 4 nitrogen and oxygen atoms in total. The van der Waals surface area contributed by atoms with Gasteiger partial charge in [0.15, 0.2) is 0 Å². The molecule has 0 bridgehead atoms. The molecule has 1 aromatic heterocycles. The van der Waals surface area contributed by atoms with Crippen molar-refractivity contribution in [3.05, 3.63) is 23.9 Å². The Morgan fingerprint density at radius 2 is 2.46 bits per heavy atom. The molecule has 2 heterocycles. The van der Waals surface area contributed by atoms with E-state index in [1.54, 1.807) is 13.2 Å². The van der Waals surface area contributed by atoms with E-state index in [9.17, 15) is 4.79 Å². The lowest BCUT2D eigenvalue weighted by atomic mass is 10.0. The van der Waals surface area contributed by atoms with Crippen LogP contribution < -0.4 is 10.6 Å². The van der Waals surface area contributed by atoms with Crippen LogP contribution in [0.5, 0.6) is 0 Å². The molecule has 13 heavy (non-hydrogen) atoms. The molecule has 0 saturated heterocycles. The van der Waals surface area contributed by atoms with Gasteiger partial charge >= 0.3 is 0 Å². The highest BCUT2D eigenvalue weighted by atomic mass is 16.2. The van der Waals surface area contributed by atoms with Crippen molar-refractivity contribution in [3.8, 4) is 0 Å². The van der Waals surface area contributed by atoms with Crippen LogP contribution in [0.25, 0.3) is 0 Å². The normalized spacial score (nSPS) is 21.5. The van der Waals surface area contributed by atoms with Gasteiger partial charge in [0.25, 0.3) is 0 Å². The van der Waals surface area contributed by atoms with Gasteiger partial charge in [-0.2, -0.15) is 0 Å². The number of carbonyl (C=O) groups is 1. The zero-order valence-electron chi connectivity index (χ0n) is 7.40. The van der Waals surface area contributed by atoms with Gasteiger partial charge in [0, 0.05) is 19.7 Å². The summed E-state index contributed by atoms with van der Waals surface area (Å²) in [6.07, 6.45) is 2.27. The summed E-state index contributed by atoms with van der Waals surface area (Å²) in [5.41, 5.74) is 6.70. The number of hydrogen-bond acceptors (Lipinski definition) is 3. The molecular formula is C9H11N3O. The molecule has 68 valence electrons. The number of carbonyl (C=O) groups excluding carboxylic acids is 1. The predicted molar refractivity (Wildman–Crippen MR) is 49.3 cm³/mol. The average Bonchev–Trinajstić information content (AvgIpc) is 2.15. The van der Waals surface area contributed by atoms with Gasteiger partial charge in [-0.15, -0.1) is 0 Å². The van der Waals surface area contributed by atoms with Gasteiger partial charge in [-0.05, 0) is 11.6 Å². The van der Waals surface area contributed by atoms with Gasteiger partial charge in [0.2, 0.25) is 5.91 Å². The highest BCUT2D eigenvalue weighted by molar-refractivity contribution is 5.98. The molecule has 1 amide bonds. The van der Waals surface area contributed by atoms with E-state index in [1.165, 1.54) is 4.90 Å². The SMILES string of the molecule is CN1C(=O)C(N)Cc2cccnc21. The van der Waals surface area contributed by atoms with Crippen LogP contribution in [-0.4, -0.2) is 24.0 Å². The van der Waals surface area contributed by atoms with Gasteiger partial charge in [0.1, 0.15) is 5.82 Å². The maximum Gasteiger partial charge on any atom is 0.245 e. The first kappa shape index (κ1) is 8.19. The number of fused-ring (bicyclic) bond motifs is 1. The Bertz CT molecular complexity index is 350. The van der Waals surface area contributed by atoms with Gasteiger partial charge in [0.05, 0.1) is 6.04 Å². The van der Waals surface area contributed by atoms with E-state index in [0.717, 1.165) is 11.4 Å². The van der Waals surface area contributed by atoms with Gasteiger partial charge in [-0.1, -0.05) is 6.07 Å². The number of pyridine rings is 1. The number of likely N-dealkylation sites (N-methyl/N-ethyl adjacent to an activating group) is 1. The Hall–Kier alpha value is -1.42. The van der Waals surface area contributed by atoms with Crippen molar-refractivity contribution in [2.24, 2.45) is 5.73 Å². The third-order valence-corrected chi connectivity index (χ3v) is 2.27. The second-order valence-corrected chi connectivity index (χ2v) is 3.19. The summed E-state index contributed by atoms with van der Waals surface area (Å²) in [5, 5.41) is 0. The van der Waals surface area contributed by atoms with Crippen molar-refractivity contribution < 1.29 is 4.79 Å². The molecule has 1 unspecified atom stereocenters. The van der Waals surface area contributed by atoms with Crippen molar-refractivity contribution in [3.63, 3.8) is 0 Å². The lowest BCUT2D eigenvalue weighted by Gasteiger charge is -2.27. The Morgan fingerprint density at radius 3 is 3.23 bits per heavy atom. The smallest absolute Gasteiger partial charge is 0.245 e. The number of amides is 1. The number of rotatable bonds is 0. The lowest BCUT2D eigenvalue weighted by molar-refractivity contribution is -0.119. The van der Waals surface area contributed by atoms with Crippen LogP contribution in [0.3, 0.4) is 0 Å². The van der Waals surface area contributed by atoms with E-state index < -0.39 is 6.04 Å². The first-order valence-electron chi connectivity index (χ1n) is 4.17. The summed E-state index contributed by atoms with van der Waals surface area (Å²) in [6.45, 7) is 0. The topological polar surface area (TPSA) is 59.2 Å². The summed E-state index contributed by atoms with van der Waals surface area (Å²) in [5.74, 6) is 0.667.